The molecule has 0 radical (unpaired) electrons. The van der Waals surface area contributed by atoms with E-state index in [9.17, 15) is 36.3 Å². The number of amides is 1. The third kappa shape index (κ3) is 4.14. The summed E-state index contributed by atoms with van der Waals surface area (Å²) >= 11 is 1.77. The van der Waals surface area contributed by atoms with E-state index in [1.807, 2.05) is 0 Å². The van der Waals surface area contributed by atoms with Crippen LogP contribution in [0.15, 0.2) is 32.1 Å². The van der Waals surface area contributed by atoms with Crippen LogP contribution in [0.3, 0.4) is 0 Å². The Morgan fingerprint density at radius 2 is 1.74 bits per heavy atom. The molecule has 3 heterocycles. The average molecular weight is 531 g/mol. The number of hydrogen-bond acceptors (Lipinski definition) is 6. The Morgan fingerprint density at radius 1 is 1.06 bits per heavy atom. The van der Waals surface area contributed by atoms with Crippen LogP contribution in [0.5, 0.6) is 0 Å². The Kier molecular flexibility index (Phi) is 6.09. The fourth-order valence-corrected chi connectivity index (χ4v) is 5.18. The van der Waals surface area contributed by atoms with Crippen molar-refractivity contribution in [3.63, 3.8) is 0 Å². The monoisotopic (exact) mass is 531 g/mol. The topological polar surface area (TPSA) is 91.2 Å². The van der Waals surface area contributed by atoms with Crippen molar-refractivity contribution in [2.75, 3.05) is 0 Å². The van der Waals surface area contributed by atoms with E-state index in [2.05, 4.69) is 9.37 Å². The van der Waals surface area contributed by atoms with Gasteiger partial charge in [0.25, 0.3) is 11.5 Å². The minimum absolute atomic E-state index is 0.00894. The van der Waals surface area contributed by atoms with Gasteiger partial charge in [-0.05, 0) is 23.7 Å². The number of hydrogen-bond donors (Lipinski definition) is 0. The highest BCUT2D eigenvalue weighted by Crippen LogP contribution is 2.35. The minimum Gasteiger partial charge on any atom is -0.319 e. The maximum absolute atomic E-state index is 14.4. The number of nitrogens with zero attached hydrogens (tertiary/aromatic N) is 5. The smallest absolute Gasteiger partial charge is 0.319 e. The van der Waals surface area contributed by atoms with Crippen molar-refractivity contribution >= 4 is 39.0 Å². The molecule has 35 heavy (non-hydrogen) atoms. The first-order valence-corrected chi connectivity index (χ1v) is 11.3. The lowest BCUT2D eigenvalue weighted by Gasteiger charge is -2.11. The van der Waals surface area contributed by atoms with Gasteiger partial charge in [-0.2, -0.15) is 22.5 Å². The SMILES string of the molecule is Cn1c(-c2ccc(C(F)(F)F)c(F)c2F)csc1=NC(=O)Cc1nsc2c1c(=O)n(C)c(=O)n2C. The van der Waals surface area contributed by atoms with Crippen molar-refractivity contribution in [2.45, 2.75) is 12.6 Å². The molecule has 184 valence electrons. The molecule has 0 aliphatic carbocycles. The number of aryl methyl sites for hydroxylation is 1. The molecule has 0 aliphatic heterocycles. The van der Waals surface area contributed by atoms with E-state index in [4.69, 9.17) is 0 Å². The van der Waals surface area contributed by atoms with Gasteiger partial charge in [0, 0.05) is 32.1 Å². The quantitative estimate of drug-likeness (QED) is 0.380. The average Bonchev–Trinajstić information content (AvgIpc) is 3.35. The highest BCUT2D eigenvalue weighted by Gasteiger charge is 2.36. The number of rotatable bonds is 3. The van der Waals surface area contributed by atoms with Gasteiger partial charge in [-0.1, -0.05) is 0 Å². The summed E-state index contributed by atoms with van der Waals surface area (Å²) < 4.78 is 74.4. The van der Waals surface area contributed by atoms with Gasteiger partial charge in [0.1, 0.15) is 4.83 Å². The molecule has 0 N–H and O–H groups in total. The Labute approximate surface area is 200 Å². The van der Waals surface area contributed by atoms with Crippen molar-refractivity contribution < 1.29 is 26.7 Å². The summed E-state index contributed by atoms with van der Waals surface area (Å²) in [5.41, 5.74) is -3.17. The normalized spacial score (nSPS) is 12.6. The van der Waals surface area contributed by atoms with Crippen molar-refractivity contribution in [3.05, 3.63) is 66.0 Å². The molecule has 1 aromatic carbocycles. The summed E-state index contributed by atoms with van der Waals surface area (Å²) in [6.07, 6.45) is -5.43. The van der Waals surface area contributed by atoms with Crippen molar-refractivity contribution in [1.29, 1.82) is 0 Å². The highest BCUT2D eigenvalue weighted by molar-refractivity contribution is 7.13. The molecule has 0 saturated heterocycles. The van der Waals surface area contributed by atoms with Gasteiger partial charge in [0.15, 0.2) is 16.4 Å². The summed E-state index contributed by atoms with van der Waals surface area (Å²) in [5.74, 6) is -4.42. The van der Waals surface area contributed by atoms with Crippen LogP contribution in [-0.4, -0.2) is 24.0 Å². The van der Waals surface area contributed by atoms with E-state index in [0.717, 1.165) is 33.5 Å². The van der Waals surface area contributed by atoms with Crippen LogP contribution in [0.25, 0.3) is 21.5 Å². The number of alkyl halides is 3. The van der Waals surface area contributed by atoms with Gasteiger partial charge in [0.2, 0.25) is 0 Å². The predicted molar refractivity (Wildman–Crippen MR) is 118 cm³/mol. The van der Waals surface area contributed by atoms with Crippen LogP contribution >= 0.6 is 22.9 Å². The van der Waals surface area contributed by atoms with Gasteiger partial charge in [-0.25, -0.2) is 13.6 Å². The van der Waals surface area contributed by atoms with E-state index in [-0.39, 0.29) is 28.0 Å². The molecule has 0 saturated carbocycles. The Bertz CT molecular complexity index is 1690. The van der Waals surface area contributed by atoms with E-state index < -0.39 is 46.1 Å². The second kappa shape index (κ2) is 8.64. The molecule has 0 spiro atoms. The molecule has 0 unspecified atom stereocenters. The second-order valence-corrected chi connectivity index (χ2v) is 9.03. The lowest BCUT2D eigenvalue weighted by molar-refractivity contribution is -0.140. The molecule has 0 fully saturated rings. The molecule has 4 aromatic rings. The Hall–Kier alpha value is -3.46. The fraction of sp³-hybridized carbons (Fsp3) is 0.250. The number of thiazole rings is 1. The van der Waals surface area contributed by atoms with E-state index in [0.29, 0.717) is 10.9 Å². The zero-order valence-corrected chi connectivity index (χ0v) is 19.7. The highest BCUT2D eigenvalue weighted by atomic mass is 32.1. The molecule has 0 bridgehead atoms. The van der Waals surface area contributed by atoms with Crippen LogP contribution in [-0.2, 0) is 38.5 Å². The number of halogens is 5. The van der Waals surface area contributed by atoms with Crippen LogP contribution in [0, 0.1) is 11.6 Å². The fourth-order valence-electron chi connectivity index (χ4n) is 3.41. The molecule has 3 aromatic heterocycles. The van der Waals surface area contributed by atoms with Gasteiger partial charge < -0.3 is 4.57 Å². The number of fused-ring (bicyclic) bond motifs is 1. The standard InChI is InChI=1S/C20H14F5N5O3S2/c1-28-11(8-4-5-9(20(23,24)25)15(22)14(8)21)7-34-18(28)26-12(31)6-10-13-16(32)29(2)19(33)30(3)17(13)35-27-10/h4-5,7H,6H2,1-3H3. The third-order valence-corrected chi connectivity index (χ3v) is 7.15. The number of carbonyl (C=O) groups excluding carboxylic acids is 1. The number of benzene rings is 1. The van der Waals surface area contributed by atoms with E-state index in [1.54, 1.807) is 0 Å². The Balaban J connectivity index is 1.71. The van der Waals surface area contributed by atoms with E-state index in [1.165, 1.54) is 35.7 Å². The summed E-state index contributed by atoms with van der Waals surface area (Å²) in [4.78, 5) is 41.5. The predicted octanol–water partition coefficient (Wildman–Crippen LogP) is 2.73. The summed E-state index contributed by atoms with van der Waals surface area (Å²) in [7, 11) is 4.15. The zero-order valence-electron chi connectivity index (χ0n) is 18.1. The van der Waals surface area contributed by atoms with Crippen molar-refractivity contribution in [1.82, 2.24) is 18.1 Å². The number of carbonyl (C=O) groups is 1. The van der Waals surface area contributed by atoms with Crippen LogP contribution in [0.4, 0.5) is 22.0 Å². The van der Waals surface area contributed by atoms with Crippen molar-refractivity contribution in [3.8, 4) is 11.3 Å². The lowest BCUT2D eigenvalue weighted by Crippen LogP contribution is -2.36. The maximum Gasteiger partial charge on any atom is 0.419 e. The Morgan fingerprint density at radius 3 is 2.40 bits per heavy atom. The van der Waals surface area contributed by atoms with Gasteiger partial charge >= 0.3 is 11.9 Å². The van der Waals surface area contributed by atoms with Gasteiger partial charge in [-0.15, -0.1) is 11.3 Å². The van der Waals surface area contributed by atoms with Crippen LogP contribution in [0.1, 0.15) is 11.3 Å². The van der Waals surface area contributed by atoms with Crippen molar-refractivity contribution in [2.24, 2.45) is 26.1 Å². The molecule has 1 amide bonds. The largest absolute Gasteiger partial charge is 0.419 e. The molecule has 0 aliphatic rings. The zero-order chi connectivity index (χ0) is 25.8. The first kappa shape index (κ1) is 24.7. The van der Waals surface area contributed by atoms with E-state index >= 15 is 0 Å². The first-order chi connectivity index (χ1) is 16.3. The van der Waals surface area contributed by atoms with Gasteiger partial charge in [0.05, 0.1) is 28.8 Å². The molecular weight excluding hydrogens is 517 g/mol. The molecule has 4 rings (SSSR count). The molecule has 8 nitrogen and oxygen atoms in total. The maximum atomic E-state index is 14.4. The molecular formula is C20H14F5N5O3S2. The third-order valence-electron chi connectivity index (χ3n) is 5.27. The first-order valence-electron chi connectivity index (χ1n) is 9.64. The summed E-state index contributed by atoms with van der Waals surface area (Å²) in [6.45, 7) is 0. The summed E-state index contributed by atoms with van der Waals surface area (Å²) in [5, 5.41) is 1.43. The minimum atomic E-state index is -5.06. The number of aromatic nitrogens is 4. The second-order valence-electron chi connectivity index (χ2n) is 7.45. The molecule has 0 atom stereocenters. The lowest BCUT2D eigenvalue weighted by atomic mass is 10.1. The van der Waals surface area contributed by atoms with Crippen LogP contribution < -0.4 is 16.1 Å². The van der Waals surface area contributed by atoms with Gasteiger partial charge in [-0.3, -0.25) is 18.7 Å². The summed E-state index contributed by atoms with van der Waals surface area (Å²) in [6, 6.07) is 1.24. The molecule has 15 heteroatoms. The van der Waals surface area contributed by atoms with Crippen LogP contribution in [0.2, 0.25) is 0 Å².